The van der Waals surface area contributed by atoms with Crippen LogP contribution in [0.3, 0.4) is 0 Å². The Kier molecular flexibility index (Phi) is 4.47. The molecule has 1 rings (SSSR count). The van der Waals surface area contributed by atoms with E-state index in [9.17, 15) is 9.18 Å². The van der Waals surface area contributed by atoms with Crippen LogP contribution in [0.15, 0.2) is 18.2 Å². The van der Waals surface area contributed by atoms with E-state index >= 15 is 0 Å². The highest BCUT2D eigenvalue weighted by atomic mass is 19.1. The van der Waals surface area contributed by atoms with Crippen molar-refractivity contribution in [1.29, 1.82) is 0 Å². The highest BCUT2D eigenvalue weighted by molar-refractivity contribution is 5.66. The number of alkyl halides is 1. The topological polar surface area (TPSA) is 37.3 Å². The molecule has 0 aliphatic heterocycles. The minimum absolute atomic E-state index is 0.162. The molecule has 0 aliphatic rings. The first-order valence-corrected chi connectivity index (χ1v) is 5.46. The number of aryl methyl sites for hydroxylation is 2. The fourth-order valence-corrected chi connectivity index (χ4v) is 1.64. The van der Waals surface area contributed by atoms with E-state index in [1.807, 2.05) is 19.1 Å². The van der Waals surface area contributed by atoms with Gasteiger partial charge in [-0.05, 0) is 43.4 Å². The molecule has 0 radical (unpaired) electrons. The van der Waals surface area contributed by atoms with Gasteiger partial charge in [0.15, 0.2) is 0 Å². The van der Waals surface area contributed by atoms with Crippen molar-refractivity contribution in [2.75, 3.05) is 0 Å². The van der Waals surface area contributed by atoms with Crippen molar-refractivity contribution >= 4 is 5.97 Å². The summed E-state index contributed by atoms with van der Waals surface area (Å²) in [4.78, 5) is 10.4. The molecule has 2 nitrogen and oxygen atoms in total. The second kappa shape index (κ2) is 5.64. The molecule has 0 amide bonds. The average molecular weight is 224 g/mol. The predicted octanol–water partition coefficient (Wildman–Crippen LogP) is 3.43. The van der Waals surface area contributed by atoms with E-state index in [0.717, 1.165) is 11.1 Å². The molecule has 88 valence electrons. The van der Waals surface area contributed by atoms with Gasteiger partial charge in [-0.15, -0.1) is 0 Å². The van der Waals surface area contributed by atoms with Crippen LogP contribution >= 0.6 is 0 Å². The van der Waals surface area contributed by atoms with Crippen molar-refractivity contribution in [1.82, 2.24) is 0 Å². The molecule has 0 saturated heterocycles. The summed E-state index contributed by atoms with van der Waals surface area (Å²) >= 11 is 0. The summed E-state index contributed by atoms with van der Waals surface area (Å²) in [7, 11) is 0. The lowest BCUT2D eigenvalue weighted by atomic mass is 9.98. The van der Waals surface area contributed by atoms with Crippen molar-refractivity contribution in [3.8, 4) is 0 Å². The van der Waals surface area contributed by atoms with Crippen LogP contribution in [0.1, 0.15) is 42.6 Å². The van der Waals surface area contributed by atoms with Crippen LogP contribution in [0.25, 0.3) is 0 Å². The zero-order chi connectivity index (χ0) is 12.1. The molecule has 1 aromatic carbocycles. The smallest absolute Gasteiger partial charge is 0.303 e. The largest absolute Gasteiger partial charge is 0.481 e. The molecule has 0 fully saturated rings. The summed E-state index contributed by atoms with van der Waals surface area (Å²) in [5.74, 6) is -0.785. The van der Waals surface area contributed by atoms with Crippen LogP contribution in [-0.2, 0) is 11.2 Å². The van der Waals surface area contributed by atoms with Crippen LogP contribution in [-0.4, -0.2) is 11.1 Å². The zero-order valence-electron chi connectivity index (χ0n) is 9.66. The number of carbonyl (C=O) groups is 1. The van der Waals surface area contributed by atoms with Crippen molar-refractivity contribution in [2.45, 2.75) is 39.3 Å². The molecule has 3 heteroatoms. The van der Waals surface area contributed by atoms with Crippen molar-refractivity contribution in [3.05, 3.63) is 34.9 Å². The number of halogens is 1. The monoisotopic (exact) mass is 224 g/mol. The van der Waals surface area contributed by atoms with Gasteiger partial charge < -0.3 is 5.11 Å². The molecule has 0 saturated carbocycles. The van der Waals surface area contributed by atoms with Crippen molar-refractivity contribution in [3.63, 3.8) is 0 Å². The lowest BCUT2D eigenvalue weighted by Crippen LogP contribution is -1.98. The van der Waals surface area contributed by atoms with Gasteiger partial charge in [-0.2, -0.15) is 0 Å². The number of hydrogen-bond donors (Lipinski definition) is 1. The fourth-order valence-electron chi connectivity index (χ4n) is 1.64. The SMILES string of the molecule is Cc1ccc(C(C)F)cc1CCCC(=O)O. The molecular weight excluding hydrogens is 207 g/mol. The van der Waals surface area contributed by atoms with Crippen LogP contribution in [0, 0.1) is 6.92 Å². The van der Waals surface area contributed by atoms with E-state index in [4.69, 9.17) is 5.11 Å². The van der Waals surface area contributed by atoms with E-state index in [1.54, 1.807) is 6.07 Å². The first kappa shape index (κ1) is 12.7. The van der Waals surface area contributed by atoms with E-state index in [-0.39, 0.29) is 6.42 Å². The van der Waals surface area contributed by atoms with Gasteiger partial charge in [0.1, 0.15) is 6.17 Å². The van der Waals surface area contributed by atoms with E-state index in [0.29, 0.717) is 18.4 Å². The minimum atomic E-state index is -0.973. The quantitative estimate of drug-likeness (QED) is 0.831. The maximum Gasteiger partial charge on any atom is 0.303 e. The van der Waals surface area contributed by atoms with Gasteiger partial charge in [0.05, 0.1) is 0 Å². The Morgan fingerprint density at radius 1 is 1.50 bits per heavy atom. The second-order valence-electron chi connectivity index (χ2n) is 4.05. The summed E-state index contributed by atoms with van der Waals surface area (Å²) in [6, 6.07) is 5.50. The lowest BCUT2D eigenvalue weighted by molar-refractivity contribution is -0.137. The summed E-state index contributed by atoms with van der Waals surface area (Å²) in [5.41, 5.74) is 2.80. The first-order chi connectivity index (χ1) is 7.50. The second-order valence-corrected chi connectivity index (χ2v) is 4.05. The van der Waals surface area contributed by atoms with Crippen molar-refractivity contribution in [2.24, 2.45) is 0 Å². The summed E-state index contributed by atoms with van der Waals surface area (Å²) in [6.07, 6.45) is 0.479. The Hall–Kier alpha value is -1.38. The normalized spacial score (nSPS) is 12.4. The highest BCUT2D eigenvalue weighted by Crippen LogP contribution is 2.21. The standard InChI is InChI=1S/C13H17FO2/c1-9-6-7-12(10(2)14)8-11(9)4-3-5-13(15)16/h6-8,10H,3-5H2,1-2H3,(H,15,16). The number of carboxylic acids is 1. The molecule has 1 unspecified atom stereocenters. The molecular formula is C13H17FO2. The third-order valence-electron chi connectivity index (χ3n) is 2.67. The first-order valence-electron chi connectivity index (χ1n) is 5.46. The Labute approximate surface area is 95.1 Å². The summed E-state index contributed by atoms with van der Waals surface area (Å²) < 4.78 is 13.1. The maximum atomic E-state index is 13.1. The molecule has 0 spiro atoms. The predicted molar refractivity (Wildman–Crippen MR) is 61.3 cm³/mol. The van der Waals surface area contributed by atoms with E-state index in [1.165, 1.54) is 6.92 Å². The van der Waals surface area contributed by atoms with E-state index in [2.05, 4.69) is 0 Å². The number of rotatable bonds is 5. The molecule has 0 heterocycles. The highest BCUT2D eigenvalue weighted by Gasteiger charge is 2.06. The number of aliphatic carboxylic acids is 1. The molecule has 0 aliphatic carbocycles. The number of carboxylic acid groups (broad SMARTS) is 1. The maximum absolute atomic E-state index is 13.1. The number of benzene rings is 1. The molecule has 1 N–H and O–H groups in total. The Morgan fingerprint density at radius 2 is 2.19 bits per heavy atom. The third-order valence-corrected chi connectivity index (χ3v) is 2.67. The van der Waals surface area contributed by atoms with Crippen molar-refractivity contribution < 1.29 is 14.3 Å². The van der Waals surface area contributed by atoms with Gasteiger partial charge in [0.2, 0.25) is 0 Å². The molecule has 0 bridgehead atoms. The van der Waals surface area contributed by atoms with Gasteiger partial charge in [-0.3, -0.25) is 4.79 Å². The lowest BCUT2D eigenvalue weighted by Gasteiger charge is -2.09. The zero-order valence-corrected chi connectivity index (χ0v) is 9.66. The van der Waals surface area contributed by atoms with Crippen LogP contribution in [0.5, 0.6) is 0 Å². The molecule has 0 aromatic heterocycles. The summed E-state index contributed by atoms with van der Waals surface area (Å²) in [5, 5.41) is 8.54. The Balaban J connectivity index is 2.70. The van der Waals surface area contributed by atoms with Crippen LogP contribution in [0.4, 0.5) is 4.39 Å². The number of hydrogen-bond acceptors (Lipinski definition) is 1. The van der Waals surface area contributed by atoms with Gasteiger partial charge in [-0.25, -0.2) is 4.39 Å². The minimum Gasteiger partial charge on any atom is -0.481 e. The molecule has 1 atom stereocenters. The van der Waals surface area contributed by atoms with Gasteiger partial charge in [-0.1, -0.05) is 18.2 Å². The Morgan fingerprint density at radius 3 is 2.75 bits per heavy atom. The van der Waals surface area contributed by atoms with Gasteiger partial charge in [0.25, 0.3) is 0 Å². The van der Waals surface area contributed by atoms with Crippen LogP contribution in [0.2, 0.25) is 0 Å². The molecule has 16 heavy (non-hydrogen) atoms. The molecule has 1 aromatic rings. The third kappa shape index (κ3) is 3.65. The van der Waals surface area contributed by atoms with Gasteiger partial charge in [0, 0.05) is 6.42 Å². The average Bonchev–Trinajstić information content (AvgIpc) is 2.20. The Bertz CT molecular complexity index is 372. The summed E-state index contributed by atoms with van der Waals surface area (Å²) in [6.45, 7) is 3.47. The van der Waals surface area contributed by atoms with Crippen LogP contribution < -0.4 is 0 Å². The van der Waals surface area contributed by atoms with Gasteiger partial charge >= 0.3 is 5.97 Å². The van der Waals surface area contributed by atoms with E-state index < -0.39 is 12.1 Å². The fraction of sp³-hybridized carbons (Fsp3) is 0.462.